The van der Waals surface area contributed by atoms with Crippen LogP contribution in [0.1, 0.15) is 58.8 Å². The zero-order valence-corrected chi connectivity index (χ0v) is 13.7. The first-order valence-corrected chi connectivity index (χ1v) is 8.96. The van der Waals surface area contributed by atoms with Gasteiger partial charge in [0.2, 0.25) is 0 Å². The number of aliphatic hydroxyl groups excluding tert-OH is 2. The maximum absolute atomic E-state index is 11.8. The van der Waals surface area contributed by atoms with E-state index in [0.717, 1.165) is 31.3 Å². The van der Waals surface area contributed by atoms with Gasteiger partial charge >= 0.3 is 0 Å². The summed E-state index contributed by atoms with van der Waals surface area (Å²) >= 11 is 0. The van der Waals surface area contributed by atoms with Crippen LogP contribution in [0.3, 0.4) is 0 Å². The van der Waals surface area contributed by atoms with Crippen molar-refractivity contribution in [1.82, 2.24) is 0 Å². The highest BCUT2D eigenvalue weighted by Gasteiger charge is 2.60. The second-order valence-electron chi connectivity index (χ2n) is 8.83. The second kappa shape index (κ2) is 4.67. The number of hydrogen-bond acceptors (Lipinski definition) is 3. The molecule has 0 amide bonds. The summed E-state index contributed by atoms with van der Waals surface area (Å²) in [6.45, 7) is 4.60. The highest BCUT2D eigenvalue weighted by Crippen LogP contribution is 2.65. The molecule has 4 aliphatic rings. The summed E-state index contributed by atoms with van der Waals surface area (Å²) in [6.07, 6.45) is 7.65. The summed E-state index contributed by atoms with van der Waals surface area (Å²) in [5, 5.41) is 21.3. The fourth-order valence-electron chi connectivity index (χ4n) is 6.63. The Balaban J connectivity index is 1.75. The first-order chi connectivity index (χ1) is 10.3. The molecule has 0 unspecified atom stereocenters. The van der Waals surface area contributed by atoms with Crippen LogP contribution in [0.25, 0.3) is 0 Å². The molecule has 3 fully saturated rings. The molecule has 0 heterocycles. The lowest BCUT2D eigenvalue weighted by atomic mass is 9.47. The van der Waals surface area contributed by atoms with Gasteiger partial charge in [0.05, 0.1) is 12.2 Å². The zero-order valence-electron chi connectivity index (χ0n) is 13.7. The van der Waals surface area contributed by atoms with Gasteiger partial charge in [-0.1, -0.05) is 13.8 Å². The van der Waals surface area contributed by atoms with E-state index in [9.17, 15) is 15.0 Å². The SMILES string of the molecule is C[C@@]12CC[C@@H](O)[C@H]1[C@@H]1C[C@@H](O)C3=CC(=O)CC[C@]3(C)[C@H]1CC2. The fourth-order valence-corrected chi connectivity index (χ4v) is 6.63. The van der Waals surface area contributed by atoms with Crippen molar-refractivity contribution in [3.63, 3.8) is 0 Å². The highest BCUT2D eigenvalue weighted by atomic mass is 16.3. The Morgan fingerprint density at radius 2 is 1.86 bits per heavy atom. The van der Waals surface area contributed by atoms with Crippen LogP contribution in [0, 0.1) is 28.6 Å². The van der Waals surface area contributed by atoms with Crippen LogP contribution >= 0.6 is 0 Å². The van der Waals surface area contributed by atoms with E-state index in [1.54, 1.807) is 6.08 Å². The first kappa shape index (κ1) is 14.9. The Kier molecular flexibility index (Phi) is 3.16. The lowest BCUT2D eigenvalue weighted by Crippen LogP contribution is -2.54. The van der Waals surface area contributed by atoms with Gasteiger partial charge in [0.1, 0.15) is 0 Å². The number of carbonyl (C=O) groups excluding carboxylic acids is 1. The third-order valence-corrected chi connectivity index (χ3v) is 7.77. The van der Waals surface area contributed by atoms with Crippen LogP contribution in [0.5, 0.6) is 0 Å². The fraction of sp³-hybridized carbons (Fsp3) is 0.842. The van der Waals surface area contributed by atoms with Crippen LogP contribution in [0.15, 0.2) is 11.6 Å². The number of rotatable bonds is 0. The maximum Gasteiger partial charge on any atom is 0.155 e. The predicted octanol–water partition coefficient (Wildman–Crippen LogP) is 2.85. The maximum atomic E-state index is 11.8. The van der Waals surface area contributed by atoms with Gasteiger partial charge in [0, 0.05) is 6.42 Å². The molecule has 0 bridgehead atoms. The van der Waals surface area contributed by atoms with E-state index < -0.39 is 6.10 Å². The molecule has 0 aliphatic heterocycles. The number of ketones is 1. The standard InChI is InChI=1S/C19H28O3/c1-18-6-4-13-12(17(18)15(21)5-7-18)10-16(22)14-9-11(20)3-8-19(13,14)2/h9,12-13,15-17,21-22H,3-8,10H2,1-2H3/t12-,13+,15-,16-,17-,18-,19-/m1/s1. The lowest BCUT2D eigenvalue weighted by molar-refractivity contribution is -0.121. The van der Waals surface area contributed by atoms with Gasteiger partial charge in [-0.3, -0.25) is 4.79 Å². The van der Waals surface area contributed by atoms with Crippen LogP contribution in [-0.4, -0.2) is 28.2 Å². The summed E-state index contributed by atoms with van der Waals surface area (Å²) < 4.78 is 0. The Morgan fingerprint density at radius 3 is 2.64 bits per heavy atom. The first-order valence-electron chi connectivity index (χ1n) is 8.96. The van der Waals surface area contributed by atoms with E-state index in [4.69, 9.17) is 0 Å². The van der Waals surface area contributed by atoms with Crippen molar-refractivity contribution >= 4 is 5.78 Å². The largest absolute Gasteiger partial charge is 0.393 e. The van der Waals surface area contributed by atoms with Crippen LogP contribution in [0.2, 0.25) is 0 Å². The average molecular weight is 304 g/mol. The number of hydrogen-bond donors (Lipinski definition) is 2. The van der Waals surface area contributed by atoms with Gasteiger partial charge in [-0.25, -0.2) is 0 Å². The molecule has 3 nitrogen and oxygen atoms in total. The second-order valence-corrected chi connectivity index (χ2v) is 8.83. The Hall–Kier alpha value is -0.670. The van der Waals surface area contributed by atoms with E-state index >= 15 is 0 Å². The van der Waals surface area contributed by atoms with Gasteiger partial charge in [-0.2, -0.15) is 0 Å². The zero-order chi connectivity index (χ0) is 15.7. The smallest absolute Gasteiger partial charge is 0.155 e. The molecule has 3 saturated carbocycles. The number of fused-ring (bicyclic) bond motifs is 5. The summed E-state index contributed by atoms with van der Waals surface area (Å²) in [5.41, 5.74) is 1.20. The molecule has 0 aromatic rings. The molecule has 0 spiro atoms. The van der Waals surface area contributed by atoms with Gasteiger partial charge in [0.25, 0.3) is 0 Å². The van der Waals surface area contributed by atoms with Crippen LogP contribution in [-0.2, 0) is 4.79 Å². The molecule has 122 valence electrons. The minimum Gasteiger partial charge on any atom is -0.393 e. The van der Waals surface area contributed by atoms with E-state index in [1.165, 1.54) is 12.8 Å². The van der Waals surface area contributed by atoms with Gasteiger partial charge in [-0.15, -0.1) is 0 Å². The van der Waals surface area contributed by atoms with E-state index in [2.05, 4.69) is 13.8 Å². The van der Waals surface area contributed by atoms with Crippen molar-refractivity contribution in [1.29, 1.82) is 0 Å². The third kappa shape index (κ3) is 1.85. The van der Waals surface area contributed by atoms with Crippen molar-refractivity contribution in [3.8, 4) is 0 Å². The van der Waals surface area contributed by atoms with Crippen LogP contribution < -0.4 is 0 Å². The topological polar surface area (TPSA) is 57.5 Å². The molecule has 4 aliphatic carbocycles. The molecule has 22 heavy (non-hydrogen) atoms. The molecular weight excluding hydrogens is 276 g/mol. The number of carbonyl (C=O) groups is 1. The van der Waals surface area contributed by atoms with Crippen LogP contribution in [0.4, 0.5) is 0 Å². The molecule has 0 aromatic carbocycles. The molecule has 4 rings (SSSR count). The summed E-state index contributed by atoms with van der Waals surface area (Å²) in [5.74, 6) is 1.42. The molecule has 7 atom stereocenters. The predicted molar refractivity (Wildman–Crippen MR) is 84.1 cm³/mol. The van der Waals surface area contributed by atoms with Crippen molar-refractivity contribution in [3.05, 3.63) is 11.6 Å². The molecule has 0 radical (unpaired) electrons. The van der Waals surface area contributed by atoms with Gasteiger partial charge in [-0.05, 0) is 78.8 Å². The van der Waals surface area contributed by atoms with Crippen molar-refractivity contribution < 1.29 is 15.0 Å². The lowest BCUT2D eigenvalue weighted by Gasteiger charge is -2.58. The Labute approximate surface area is 132 Å². The van der Waals surface area contributed by atoms with Gasteiger partial charge in [0.15, 0.2) is 5.78 Å². The Bertz CT molecular complexity index is 539. The average Bonchev–Trinajstić information content (AvgIpc) is 2.77. The minimum absolute atomic E-state index is 0.0418. The summed E-state index contributed by atoms with van der Waals surface area (Å²) in [4.78, 5) is 11.8. The molecule has 0 aromatic heterocycles. The van der Waals surface area contributed by atoms with E-state index in [0.29, 0.717) is 24.2 Å². The normalized spacial score (nSPS) is 54.3. The number of aliphatic hydroxyl groups is 2. The molecule has 2 N–H and O–H groups in total. The summed E-state index contributed by atoms with van der Waals surface area (Å²) in [7, 11) is 0. The molecule has 3 heteroatoms. The van der Waals surface area contributed by atoms with E-state index in [1.807, 2.05) is 0 Å². The monoisotopic (exact) mass is 304 g/mol. The third-order valence-electron chi connectivity index (χ3n) is 7.77. The van der Waals surface area contributed by atoms with E-state index in [-0.39, 0.29) is 22.7 Å². The quantitative estimate of drug-likeness (QED) is 0.723. The molecule has 0 saturated heterocycles. The van der Waals surface area contributed by atoms with Crippen molar-refractivity contribution in [2.75, 3.05) is 0 Å². The van der Waals surface area contributed by atoms with Gasteiger partial charge < -0.3 is 10.2 Å². The van der Waals surface area contributed by atoms with Crippen molar-refractivity contribution in [2.24, 2.45) is 28.6 Å². The minimum atomic E-state index is -0.495. The highest BCUT2D eigenvalue weighted by molar-refractivity contribution is 5.91. The van der Waals surface area contributed by atoms with Crippen molar-refractivity contribution in [2.45, 2.75) is 71.0 Å². The molecular formula is C19H28O3. The summed E-state index contributed by atoms with van der Waals surface area (Å²) in [6, 6.07) is 0. The Morgan fingerprint density at radius 1 is 1.14 bits per heavy atom.